The van der Waals surface area contributed by atoms with E-state index in [9.17, 15) is 18.0 Å². The first-order valence-electron chi connectivity index (χ1n) is 6.66. The molecular formula is C13H16F3N5OS. The number of nitrogens with one attached hydrogen (secondary N) is 1. The zero-order chi connectivity index (χ0) is 17.4. The van der Waals surface area contributed by atoms with Crippen LogP contribution in [0.1, 0.15) is 25.4 Å². The van der Waals surface area contributed by atoms with Crippen molar-refractivity contribution < 1.29 is 18.0 Å². The van der Waals surface area contributed by atoms with Crippen molar-refractivity contribution in [1.29, 1.82) is 0 Å². The Bertz CT molecular complexity index is 741. The second-order valence-corrected chi connectivity index (χ2v) is 6.56. The van der Waals surface area contributed by atoms with E-state index in [-0.39, 0.29) is 17.5 Å². The van der Waals surface area contributed by atoms with E-state index < -0.39 is 17.4 Å². The van der Waals surface area contributed by atoms with E-state index in [0.29, 0.717) is 11.4 Å². The number of thioether (sulfide) groups is 1. The number of fused-ring (bicyclic) bond motifs is 1. The molecular weight excluding hydrogens is 331 g/mol. The van der Waals surface area contributed by atoms with E-state index in [1.807, 2.05) is 6.26 Å². The molecule has 0 aliphatic heterocycles. The van der Waals surface area contributed by atoms with E-state index in [1.165, 1.54) is 17.8 Å². The van der Waals surface area contributed by atoms with Crippen LogP contribution in [-0.2, 0) is 11.0 Å². The molecule has 0 aromatic carbocycles. The number of rotatable bonds is 4. The number of anilines is 1. The van der Waals surface area contributed by atoms with Crippen molar-refractivity contribution in [3.05, 3.63) is 17.6 Å². The van der Waals surface area contributed by atoms with Crippen LogP contribution in [0.3, 0.4) is 0 Å². The zero-order valence-electron chi connectivity index (χ0n) is 13.0. The summed E-state index contributed by atoms with van der Waals surface area (Å²) in [5, 5.41) is 6.01. The molecule has 0 aliphatic rings. The molecule has 23 heavy (non-hydrogen) atoms. The first-order valence-corrected chi connectivity index (χ1v) is 8.06. The summed E-state index contributed by atoms with van der Waals surface area (Å²) in [7, 11) is 0. The largest absolute Gasteiger partial charge is 0.453 e. The van der Waals surface area contributed by atoms with E-state index in [1.54, 1.807) is 20.8 Å². The monoisotopic (exact) mass is 347 g/mol. The van der Waals surface area contributed by atoms with Crippen LogP contribution in [0.15, 0.2) is 6.07 Å². The number of nitrogens with zero attached hydrogens (tertiary/aromatic N) is 4. The van der Waals surface area contributed by atoms with Gasteiger partial charge in [0.1, 0.15) is 5.82 Å². The van der Waals surface area contributed by atoms with Gasteiger partial charge in [0, 0.05) is 17.5 Å². The third kappa shape index (κ3) is 3.74. The molecule has 2 aromatic heterocycles. The fraction of sp³-hybridized carbons (Fsp3) is 0.538. The molecule has 2 heterocycles. The first-order chi connectivity index (χ1) is 10.5. The van der Waals surface area contributed by atoms with E-state index in [0.717, 1.165) is 4.52 Å². The molecule has 2 rings (SSSR count). The molecule has 126 valence electrons. The van der Waals surface area contributed by atoms with E-state index >= 15 is 0 Å². The molecule has 0 saturated heterocycles. The molecule has 2 aromatic rings. The van der Waals surface area contributed by atoms with E-state index in [2.05, 4.69) is 20.4 Å². The van der Waals surface area contributed by atoms with Crippen LogP contribution in [-0.4, -0.2) is 37.5 Å². The standard InChI is InChI=1S/C13H16F3N5OS/c1-7-5-8(17-10(22)12(2,3)6-23-4)18-11-19-9(13(14,15)16)20-21(7)11/h5H,6H2,1-4H3,(H,17,18,19,20,22). The normalized spacial score (nSPS) is 12.7. The second-order valence-electron chi connectivity index (χ2n) is 5.70. The number of halogens is 3. The smallest absolute Gasteiger partial charge is 0.310 e. The minimum absolute atomic E-state index is 0.148. The predicted molar refractivity (Wildman–Crippen MR) is 81.3 cm³/mol. The molecule has 0 unspecified atom stereocenters. The van der Waals surface area contributed by atoms with Gasteiger partial charge in [-0.05, 0) is 13.2 Å². The maximum absolute atomic E-state index is 12.7. The summed E-state index contributed by atoms with van der Waals surface area (Å²) in [6.07, 6.45) is -2.76. The van der Waals surface area contributed by atoms with Crippen molar-refractivity contribution in [2.75, 3.05) is 17.3 Å². The minimum Gasteiger partial charge on any atom is -0.310 e. The Labute approximate surface area is 134 Å². The maximum atomic E-state index is 12.7. The number of carbonyl (C=O) groups is 1. The zero-order valence-corrected chi connectivity index (χ0v) is 13.8. The number of amides is 1. The predicted octanol–water partition coefficient (Wildman–Crippen LogP) is 2.78. The van der Waals surface area contributed by atoms with Gasteiger partial charge in [0.2, 0.25) is 5.91 Å². The Morgan fingerprint density at radius 3 is 2.57 bits per heavy atom. The molecule has 1 amide bonds. The van der Waals surface area contributed by atoms with Crippen LogP contribution in [0, 0.1) is 12.3 Å². The Morgan fingerprint density at radius 1 is 1.35 bits per heavy atom. The summed E-state index contributed by atoms with van der Waals surface area (Å²) in [4.78, 5) is 19.6. The highest BCUT2D eigenvalue weighted by Crippen LogP contribution is 2.27. The maximum Gasteiger partial charge on any atom is 0.453 e. The van der Waals surface area contributed by atoms with Gasteiger partial charge >= 0.3 is 6.18 Å². The SMILES string of the molecule is CSCC(C)(C)C(=O)Nc1cc(C)n2nc(C(F)(F)F)nc2n1. The molecule has 10 heteroatoms. The quantitative estimate of drug-likeness (QED) is 0.921. The third-order valence-corrected chi connectivity index (χ3v) is 4.12. The van der Waals surface area contributed by atoms with Gasteiger partial charge in [-0.25, -0.2) is 4.52 Å². The summed E-state index contributed by atoms with van der Waals surface area (Å²) in [5.41, 5.74) is -0.248. The van der Waals surface area contributed by atoms with Gasteiger partial charge in [-0.3, -0.25) is 4.79 Å². The highest BCUT2D eigenvalue weighted by molar-refractivity contribution is 7.98. The molecule has 0 saturated carbocycles. The number of hydrogen-bond donors (Lipinski definition) is 1. The summed E-state index contributed by atoms with van der Waals surface area (Å²) in [6.45, 7) is 5.12. The average molecular weight is 347 g/mol. The number of carbonyl (C=O) groups excluding carboxylic acids is 1. The van der Waals surface area contributed by atoms with Gasteiger partial charge in [0.05, 0.1) is 5.41 Å². The Morgan fingerprint density at radius 2 is 2.00 bits per heavy atom. The average Bonchev–Trinajstić information content (AvgIpc) is 2.83. The lowest BCUT2D eigenvalue weighted by Gasteiger charge is -2.22. The second kappa shape index (κ2) is 5.99. The van der Waals surface area contributed by atoms with Crippen molar-refractivity contribution in [1.82, 2.24) is 19.6 Å². The van der Waals surface area contributed by atoms with Gasteiger partial charge in [0.15, 0.2) is 0 Å². The van der Waals surface area contributed by atoms with Crippen LogP contribution in [0.4, 0.5) is 19.0 Å². The van der Waals surface area contributed by atoms with Crippen molar-refractivity contribution in [3.8, 4) is 0 Å². The lowest BCUT2D eigenvalue weighted by Crippen LogP contribution is -2.33. The lowest BCUT2D eigenvalue weighted by molar-refractivity contribution is -0.144. The Kier molecular flexibility index (Phi) is 4.56. The van der Waals surface area contributed by atoms with Crippen molar-refractivity contribution in [3.63, 3.8) is 0 Å². The number of aromatic nitrogens is 4. The summed E-state index contributed by atoms with van der Waals surface area (Å²) in [6, 6.07) is 1.45. The van der Waals surface area contributed by atoms with Crippen LogP contribution >= 0.6 is 11.8 Å². The summed E-state index contributed by atoms with van der Waals surface area (Å²) in [5.74, 6) is -0.994. The molecule has 0 radical (unpaired) electrons. The van der Waals surface area contributed by atoms with Gasteiger partial charge in [-0.2, -0.15) is 34.9 Å². The third-order valence-electron chi connectivity index (χ3n) is 3.11. The van der Waals surface area contributed by atoms with Crippen molar-refractivity contribution >= 4 is 29.3 Å². The van der Waals surface area contributed by atoms with Gasteiger partial charge in [-0.15, -0.1) is 5.10 Å². The first kappa shape index (κ1) is 17.5. The van der Waals surface area contributed by atoms with Crippen LogP contribution < -0.4 is 5.32 Å². The van der Waals surface area contributed by atoms with Crippen LogP contribution in [0.2, 0.25) is 0 Å². The molecule has 0 aliphatic carbocycles. The lowest BCUT2D eigenvalue weighted by atomic mass is 9.95. The molecule has 1 N–H and O–H groups in total. The molecule has 6 nitrogen and oxygen atoms in total. The molecule has 0 bridgehead atoms. The van der Waals surface area contributed by atoms with Gasteiger partial charge in [-0.1, -0.05) is 13.8 Å². The van der Waals surface area contributed by atoms with E-state index in [4.69, 9.17) is 0 Å². The van der Waals surface area contributed by atoms with Gasteiger partial charge < -0.3 is 5.32 Å². The fourth-order valence-electron chi connectivity index (χ4n) is 1.91. The minimum atomic E-state index is -4.65. The molecule has 0 atom stereocenters. The Balaban J connectivity index is 2.35. The van der Waals surface area contributed by atoms with Gasteiger partial charge in [0.25, 0.3) is 11.6 Å². The molecule has 0 fully saturated rings. The fourth-order valence-corrected chi connectivity index (χ4v) is 2.76. The highest BCUT2D eigenvalue weighted by atomic mass is 32.2. The summed E-state index contributed by atoms with van der Waals surface area (Å²) >= 11 is 1.53. The van der Waals surface area contributed by atoms with Crippen LogP contribution in [0.5, 0.6) is 0 Å². The van der Waals surface area contributed by atoms with Crippen molar-refractivity contribution in [2.45, 2.75) is 26.9 Å². The number of hydrogen-bond acceptors (Lipinski definition) is 5. The topological polar surface area (TPSA) is 72.2 Å². The number of aryl methyl sites for hydroxylation is 1. The number of alkyl halides is 3. The van der Waals surface area contributed by atoms with Crippen molar-refractivity contribution in [2.24, 2.45) is 5.41 Å². The Hall–Kier alpha value is -1.84. The molecule has 0 spiro atoms. The highest BCUT2D eigenvalue weighted by Gasteiger charge is 2.37. The van der Waals surface area contributed by atoms with Crippen LogP contribution in [0.25, 0.3) is 5.78 Å². The summed E-state index contributed by atoms with van der Waals surface area (Å²) < 4.78 is 39.0.